The number of carbonyl (C=O) groups excluding carboxylic acids is 1. The van der Waals surface area contributed by atoms with Crippen LogP contribution < -0.4 is 10.8 Å². The molecule has 7 nitrogen and oxygen atoms in total. The summed E-state index contributed by atoms with van der Waals surface area (Å²) < 4.78 is 0. The molecule has 1 saturated heterocycles. The van der Waals surface area contributed by atoms with E-state index in [2.05, 4.69) is 20.2 Å². The van der Waals surface area contributed by atoms with E-state index < -0.39 is 5.91 Å². The molecule has 1 aromatic rings. The monoisotopic (exact) mass is 417 g/mol. The minimum absolute atomic E-state index is 0. The fourth-order valence-corrected chi connectivity index (χ4v) is 3.72. The summed E-state index contributed by atoms with van der Waals surface area (Å²) in [6.45, 7) is 3.42. The zero-order valence-electron chi connectivity index (χ0n) is 15.3. The second-order valence-electron chi connectivity index (χ2n) is 7.01. The lowest BCUT2D eigenvalue weighted by Gasteiger charge is -2.19. The average molecular weight is 418 g/mol. The van der Waals surface area contributed by atoms with Gasteiger partial charge in [-0.2, -0.15) is 0 Å². The lowest BCUT2D eigenvalue weighted by molar-refractivity contribution is -0.124. The Bertz CT molecular complexity index is 594. The molecule has 0 bridgehead atoms. The number of aromatic nitrogens is 2. The molecule has 0 unspecified atom stereocenters. The minimum Gasteiger partial charge on any atom is -0.365 e. The van der Waals surface area contributed by atoms with Crippen LogP contribution in [0.25, 0.3) is 6.08 Å². The first-order valence-electron chi connectivity index (χ1n) is 9.16. The number of nitrogens with zero attached hydrogens (tertiary/aromatic N) is 3. The van der Waals surface area contributed by atoms with Crippen LogP contribution in [0.4, 0.5) is 5.82 Å². The molecule has 1 atom stereocenters. The second kappa shape index (κ2) is 12.1. The number of hydrogen-bond donors (Lipinski definition) is 3. The Balaban J connectivity index is 0.00000182. The zero-order chi connectivity index (χ0) is 17.5. The fraction of sp³-hybridized carbons (Fsp3) is 0.611. The first-order chi connectivity index (χ1) is 12.2. The molecule has 1 saturated carbocycles. The van der Waals surface area contributed by atoms with E-state index in [-0.39, 0.29) is 24.8 Å². The van der Waals surface area contributed by atoms with Gasteiger partial charge in [-0.15, -0.1) is 24.8 Å². The van der Waals surface area contributed by atoms with Gasteiger partial charge < -0.3 is 10.2 Å². The van der Waals surface area contributed by atoms with Crippen LogP contribution in [0, 0.1) is 5.92 Å². The summed E-state index contributed by atoms with van der Waals surface area (Å²) in [4.78, 5) is 22.1. The third-order valence-electron chi connectivity index (χ3n) is 5.14. The molecule has 2 aliphatic rings. The van der Waals surface area contributed by atoms with Crippen molar-refractivity contribution in [1.29, 1.82) is 0 Å². The molecule has 3 rings (SSSR count). The quantitative estimate of drug-likeness (QED) is 0.358. The van der Waals surface area contributed by atoms with Crippen molar-refractivity contribution in [2.24, 2.45) is 5.92 Å². The Morgan fingerprint density at radius 3 is 2.67 bits per heavy atom. The Morgan fingerprint density at radius 1 is 1.22 bits per heavy atom. The summed E-state index contributed by atoms with van der Waals surface area (Å²) in [5.74, 6) is 1.12. The molecule has 0 radical (unpaired) electrons. The van der Waals surface area contributed by atoms with Gasteiger partial charge in [0.05, 0.1) is 18.1 Å². The molecule has 3 N–H and O–H groups in total. The first-order valence-corrected chi connectivity index (χ1v) is 9.16. The molecule has 27 heavy (non-hydrogen) atoms. The predicted octanol–water partition coefficient (Wildman–Crippen LogP) is 2.91. The van der Waals surface area contributed by atoms with E-state index in [1.807, 2.05) is 0 Å². The lowest BCUT2D eigenvalue weighted by atomic mass is 10.0. The zero-order valence-corrected chi connectivity index (χ0v) is 17.0. The normalized spacial score (nSPS) is 20.3. The summed E-state index contributed by atoms with van der Waals surface area (Å²) in [5.41, 5.74) is 2.10. The van der Waals surface area contributed by atoms with Gasteiger partial charge in [-0.05, 0) is 31.4 Å². The van der Waals surface area contributed by atoms with Gasteiger partial charge in [0.25, 0.3) is 5.91 Å². The van der Waals surface area contributed by atoms with Crippen LogP contribution in [-0.2, 0) is 4.79 Å². The molecular weight excluding hydrogens is 389 g/mol. The highest BCUT2D eigenvalue weighted by Crippen LogP contribution is 2.28. The number of amides is 1. The summed E-state index contributed by atoms with van der Waals surface area (Å²) in [6, 6.07) is 0.416. The third kappa shape index (κ3) is 7.62. The van der Waals surface area contributed by atoms with E-state index in [9.17, 15) is 4.79 Å². The van der Waals surface area contributed by atoms with Crippen molar-refractivity contribution in [2.45, 2.75) is 44.6 Å². The lowest BCUT2D eigenvalue weighted by Crippen LogP contribution is -2.28. The smallest absolute Gasteiger partial charge is 0.267 e. The van der Waals surface area contributed by atoms with Gasteiger partial charge in [-0.3, -0.25) is 15.0 Å². The highest BCUT2D eigenvalue weighted by molar-refractivity contribution is 5.90. The van der Waals surface area contributed by atoms with E-state index in [0.717, 1.165) is 31.2 Å². The first kappa shape index (κ1) is 23.6. The van der Waals surface area contributed by atoms with E-state index >= 15 is 0 Å². The second-order valence-corrected chi connectivity index (χ2v) is 7.01. The molecule has 2 fully saturated rings. The molecular formula is C18H29Cl2N5O2. The van der Waals surface area contributed by atoms with Crippen molar-refractivity contribution in [3.8, 4) is 0 Å². The van der Waals surface area contributed by atoms with Crippen molar-refractivity contribution in [2.75, 3.05) is 25.0 Å². The molecule has 1 aliphatic carbocycles. The Morgan fingerprint density at radius 2 is 2.00 bits per heavy atom. The summed E-state index contributed by atoms with van der Waals surface area (Å²) in [7, 11) is 0. The number of carbonyl (C=O) groups is 1. The van der Waals surface area contributed by atoms with Gasteiger partial charge in [-0.25, -0.2) is 10.5 Å². The molecule has 1 aromatic heterocycles. The SMILES string of the molecule is Cl.Cl.O=C(C=Cc1cnc(N[C@@H]2CCN(CCC3CCCC3)C2)cn1)NO. The molecule has 2 heterocycles. The number of anilines is 1. The molecule has 0 aromatic carbocycles. The maximum atomic E-state index is 10.9. The maximum Gasteiger partial charge on any atom is 0.267 e. The van der Waals surface area contributed by atoms with Crippen molar-refractivity contribution < 1.29 is 10.0 Å². The van der Waals surface area contributed by atoms with Crippen LogP contribution in [0.15, 0.2) is 18.5 Å². The van der Waals surface area contributed by atoms with Gasteiger partial charge in [0.2, 0.25) is 0 Å². The van der Waals surface area contributed by atoms with Gasteiger partial charge in [0.1, 0.15) is 5.82 Å². The van der Waals surface area contributed by atoms with Gasteiger partial charge in [-0.1, -0.05) is 25.7 Å². The number of nitrogens with one attached hydrogen (secondary N) is 2. The van der Waals surface area contributed by atoms with Crippen LogP contribution in [0.2, 0.25) is 0 Å². The summed E-state index contributed by atoms with van der Waals surface area (Å²) >= 11 is 0. The molecule has 1 aliphatic heterocycles. The number of hydrogen-bond acceptors (Lipinski definition) is 6. The van der Waals surface area contributed by atoms with E-state index in [4.69, 9.17) is 5.21 Å². The minimum atomic E-state index is -0.590. The number of halogens is 2. The predicted molar refractivity (Wildman–Crippen MR) is 111 cm³/mol. The average Bonchev–Trinajstić information content (AvgIpc) is 3.31. The highest BCUT2D eigenvalue weighted by Gasteiger charge is 2.24. The van der Waals surface area contributed by atoms with Crippen LogP contribution >= 0.6 is 24.8 Å². The Kier molecular flexibility index (Phi) is 10.6. The Labute approximate surface area is 172 Å². The molecule has 152 valence electrons. The van der Waals surface area contributed by atoms with Crippen molar-refractivity contribution in [3.63, 3.8) is 0 Å². The van der Waals surface area contributed by atoms with Crippen LogP contribution in [-0.4, -0.2) is 51.7 Å². The Hall–Kier alpha value is -1.41. The fourth-order valence-electron chi connectivity index (χ4n) is 3.72. The van der Waals surface area contributed by atoms with Gasteiger partial charge in [0.15, 0.2) is 0 Å². The number of hydroxylamine groups is 1. The number of likely N-dealkylation sites (tertiary alicyclic amines) is 1. The maximum absolute atomic E-state index is 10.9. The van der Waals surface area contributed by atoms with Gasteiger partial charge in [0, 0.05) is 25.2 Å². The van der Waals surface area contributed by atoms with Gasteiger partial charge >= 0.3 is 0 Å². The van der Waals surface area contributed by atoms with Crippen LogP contribution in [0.5, 0.6) is 0 Å². The number of rotatable bonds is 7. The van der Waals surface area contributed by atoms with Crippen molar-refractivity contribution in [1.82, 2.24) is 20.3 Å². The summed E-state index contributed by atoms with van der Waals surface area (Å²) in [5, 5.41) is 11.9. The van der Waals surface area contributed by atoms with Crippen LogP contribution in [0.3, 0.4) is 0 Å². The van der Waals surface area contributed by atoms with Crippen molar-refractivity contribution in [3.05, 3.63) is 24.2 Å². The van der Waals surface area contributed by atoms with E-state index in [1.165, 1.54) is 56.3 Å². The molecule has 9 heteroatoms. The highest BCUT2D eigenvalue weighted by atomic mass is 35.5. The van der Waals surface area contributed by atoms with E-state index in [1.54, 1.807) is 12.4 Å². The largest absolute Gasteiger partial charge is 0.365 e. The third-order valence-corrected chi connectivity index (χ3v) is 5.14. The summed E-state index contributed by atoms with van der Waals surface area (Å²) in [6.07, 6.45) is 14.1. The topological polar surface area (TPSA) is 90.4 Å². The molecule has 1 amide bonds. The molecule has 0 spiro atoms. The standard InChI is InChI=1S/C18H27N5O2.2ClH/c24-18(22-25)6-5-15-11-20-17(12-19-15)21-16-8-10-23(13-16)9-7-14-3-1-2-4-14;;/h5-6,11-12,14,16,25H,1-4,7-10,13H2,(H,20,21)(H,22,24);2*1H/t16-;;/m1../s1. The van der Waals surface area contributed by atoms with E-state index in [0.29, 0.717) is 11.7 Å². The van der Waals surface area contributed by atoms with Crippen molar-refractivity contribution >= 4 is 42.6 Å². The van der Waals surface area contributed by atoms with Crippen LogP contribution in [0.1, 0.15) is 44.2 Å².